The Bertz CT molecular complexity index is 936. The van der Waals surface area contributed by atoms with Gasteiger partial charge in [-0.3, -0.25) is 4.79 Å². The average molecular weight is 317 g/mol. The number of halogens is 2. The van der Waals surface area contributed by atoms with E-state index in [1.807, 2.05) is 0 Å². The molecule has 0 aliphatic carbocycles. The van der Waals surface area contributed by atoms with Gasteiger partial charge in [0, 0.05) is 0 Å². The minimum absolute atomic E-state index is 0.288. The number of fused-ring (bicyclic) bond motifs is 1. The van der Waals surface area contributed by atoms with Crippen LogP contribution < -0.4 is 5.56 Å². The summed E-state index contributed by atoms with van der Waals surface area (Å²) < 4.78 is 32.5. The number of aromatic nitrogens is 3. The number of nitrogens with zero attached hydrogens (tertiary/aromatic N) is 3. The second-order valence-electron chi connectivity index (χ2n) is 4.57. The summed E-state index contributed by atoms with van der Waals surface area (Å²) in [4.78, 5) is 23.9. The number of esters is 1. The molecule has 8 heteroatoms. The number of hydrogen-bond acceptors (Lipinski definition) is 5. The van der Waals surface area contributed by atoms with Crippen LogP contribution in [0.25, 0.3) is 10.9 Å². The molecule has 0 saturated carbocycles. The highest BCUT2D eigenvalue weighted by Crippen LogP contribution is 2.13. The lowest BCUT2D eigenvalue weighted by Gasteiger charge is -2.07. The summed E-state index contributed by atoms with van der Waals surface area (Å²) >= 11 is 0. The van der Waals surface area contributed by atoms with E-state index in [2.05, 4.69) is 10.3 Å². The maximum absolute atomic E-state index is 13.5. The fourth-order valence-electron chi connectivity index (χ4n) is 1.99. The first-order valence-electron chi connectivity index (χ1n) is 6.51. The van der Waals surface area contributed by atoms with Gasteiger partial charge in [0.15, 0.2) is 6.73 Å². The van der Waals surface area contributed by atoms with Crippen LogP contribution in [0.15, 0.2) is 47.3 Å². The van der Waals surface area contributed by atoms with Crippen molar-refractivity contribution in [3.8, 4) is 0 Å². The van der Waals surface area contributed by atoms with Crippen LogP contribution in [0.1, 0.15) is 10.4 Å². The molecule has 116 valence electrons. The maximum Gasteiger partial charge on any atom is 0.345 e. The molecule has 3 aromatic rings. The van der Waals surface area contributed by atoms with Crippen molar-refractivity contribution in [1.82, 2.24) is 15.0 Å². The van der Waals surface area contributed by atoms with Gasteiger partial charge in [-0.05, 0) is 24.3 Å². The van der Waals surface area contributed by atoms with E-state index < -0.39 is 35.5 Å². The Labute approximate surface area is 127 Å². The van der Waals surface area contributed by atoms with E-state index in [0.717, 1.165) is 22.9 Å². The molecular weight excluding hydrogens is 308 g/mol. The molecule has 0 amide bonds. The molecule has 3 rings (SSSR count). The summed E-state index contributed by atoms with van der Waals surface area (Å²) in [6.45, 7) is -0.608. The first kappa shape index (κ1) is 14.8. The van der Waals surface area contributed by atoms with Crippen LogP contribution in [-0.4, -0.2) is 21.0 Å². The Morgan fingerprint density at radius 2 is 1.78 bits per heavy atom. The smallest absolute Gasteiger partial charge is 0.345 e. The second kappa shape index (κ2) is 5.91. The lowest BCUT2D eigenvalue weighted by molar-refractivity contribution is 0.0325. The number of carbonyl (C=O) groups is 1. The fraction of sp³-hybridized carbons (Fsp3) is 0.0667. The van der Waals surface area contributed by atoms with E-state index in [-0.39, 0.29) is 5.39 Å². The lowest BCUT2D eigenvalue weighted by Crippen LogP contribution is -2.27. The van der Waals surface area contributed by atoms with Crippen molar-refractivity contribution in [1.29, 1.82) is 0 Å². The maximum atomic E-state index is 13.5. The van der Waals surface area contributed by atoms with Crippen molar-refractivity contribution in [2.75, 3.05) is 0 Å². The molecule has 0 bridgehead atoms. The van der Waals surface area contributed by atoms with Gasteiger partial charge in [0.05, 0.1) is 5.39 Å². The minimum atomic E-state index is -1.23. The zero-order valence-corrected chi connectivity index (χ0v) is 11.6. The van der Waals surface area contributed by atoms with Gasteiger partial charge >= 0.3 is 5.97 Å². The van der Waals surface area contributed by atoms with Crippen LogP contribution in [0.4, 0.5) is 8.78 Å². The largest absolute Gasteiger partial charge is 0.438 e. The molecule has 6 nitrogen and oxygen atoms in total. The van der Waals surface area contributed by atoms with E-state index in [0.29, 0.717) is 5.52 Å². The summed E-state index contributed by atoms with van der Waals surface area (Å²) in [6.07, 6.45) is 0. The van der Waals surface area contributed by atoms with E-state index in [1.165, 1.54) is 0 Å². The normalized spacial score (nSPS) is 10.7. The van der Waals surface area contributed by atoms with Gasteiger partial charge in [-0.15, -0.1) is 5.10 Å². The fourth-order valence-corrected chi connectivity index (χ4v) is 1.99. The molecule has 0 atom stereocenters. The van der Waals surface area contributed by atoms with Crippen LogP contribution in [0.5, 0.6) is 0 Å². The monoisotopic (exact) mass is 317 g/mol. The van der Waals surface area contributed by atoms with Crippen molar-refractivity contribution in [3.05, 3.63) is 70.0 Å². The molecular formula is C15H9F2N3O3. The van der Waals surface area contributed by atoms with Gasteiger partial charge in [0.1, 0.15) is 22.7 Å². The Balaban J connectivity index is 1.85. The van der Waals surface area contributed by atoms with Gasteiger partial charge in [-0.2, -0.15) is 4.68 Å². The standard InChI is InChI=1S/C15H9F2N3O3/c16-10-5-3-6-11(17)13(10)15(22)23-8-20-14(21)9-4-1-2-7-12(9)18-19-20/h1-7H,8H2. The quantitative estimate of drug-likeness (QED) is 0.690. The Kier molecular flexibility index (Phi) is 3.80. The zero-order valence-electron chi connectivity index (χ0n) is 11.6. The highest BCUT2D eigenvalue weighted by Gasteiger charge is 2.19. The van der Waals surface area contributed by atoms with Gasteiger partial charge in [0.2, 0.25) is 0 Å². The molecule has 0 spiro atoms. The molecule has 0 aliphatic heterocycles. The average Bonchev–Trinajstić information content (AvgIpc) is 2.54. The molecule has 0 saturated heterocycles. The zero-order chi connectivity index (χ0) is 16.4. The summed E-state index contributed by atoms with van der Waals surface area (Å²) in [7, 11) is 0. The Morgan fingerprint density at radius 3 is 2.52 bits per heavy atom. The SMILES string of the molecule is O=C(OCn1nnc2ccccc2c1=O)c1c(F)cccc1F. The van der Waals surface area contributed by atoms with Crippen molar-refractivity contribution in [2.45, 2.75) is 6.73 Å². The number of rotatable bonds is 3. The van der Waals surface area contributed by atoms with Crippen LogP contribution in [0.3, 0.4) is 0 Å². The molecule has 1 heterocycles. The predicted molar refractivity (Wildman–Crippen MR) is 75.6 cm³/mol. The third-order valence-electron chi connectivity index (χ3n) is 3.11. The highest BCUT2D eigenvalue weighted by atomic mass is 19.1. The molecule has 2 aromatic carbocycles. The van der Waals surface area contributed by atoms with Crippen molar-refractivity contribution in [2.24, 2.45) is 0 Å². The summed E-state index contributed by atoms with van der Waals surface area (Å²) in [6, 6.07) is 9.48. The summed E-state index contributed by atoms with van der Waals surface area (Å²) in [5, 5.41) is 7.70. The first-order chi connectivity index (χ1) is 11.1. The second-order valence-corrected chi connectivity index (χ2v) is 4.57. The van der Waals surface area contributed by atoms with Crippen LogP contribution in [0, 0.1) is 11.6 Å². The van der Waals surface area contributed by atoms with E-state index in [1.54, 1.807) is 24.3 Å². The number of ether oxygens (including phenoxy) is 1. The van der Waals surface area contributed by atoms with Gasteiger partial charge in [-0.25, -0.2) is 13.6 Å². The molecule has 0 N–H and O–H groups in total. The lowest BCUT2D eigenvalue weighted by atomic mass is 10.2. The summed E-state index contributed by atoms with van der Waals surface area (Å²) in [5.41, 5.74) is -0.966. The molecule has 0 aliphatic rings. The van der Waals surface area contributed by atoms with E-state index >= 15 is 0 Å². The third kappa shape index (κ3) is 2.78. The molecule has 1 aromatic heterocycles. The number of carbonyl (C=O) groups excluding carboxylic acids is 1. The van der Waals surface area contributed by atoms with E-state index in [4.69, 9.17) is 4.74 Å². The predicted octanol–water partition coefficient (Wildman–Crippen LogP) is 1.88. The number of hydrogen-bond donors (Lipinski definition) is 0. The van der Waals surface area contributed by atoms with Gasteiger partial charge < -0.3 is 4.74 Å². The third-order valence-corrected chi connectivity index (χ3v) is 3.11. The van der Waals surface area contributed by atoms with Crippen molar-refractivity contribution in [3.63, 3.8) is 0 Å². The van der Waals surface area contributed by atoms with Gasteiger partial charge in [-0.1, -0.05) is 23.4 Å². The molecule has 0 unspecified atom stereocenters. The molecule has 0 fully saturated rings. The van der Waals surface area contributed by atoms with Crippen molar-refractivity contribution >= 4 is 16.9 Å². The number of benzene rings is 2. The Morgan fingerprint density at radius 1 is 1.09 bits per heavy atom. The Hall–Kier alpha value is -3.16. The van der Waals surface area contributed by atoms with Crippen LogP contribution in [0.2, 0.25) is 0 Å². The van der Waals surface area contributed by atoms with E-state index in [9.17, 15) is 18.4 Å². The first-order valence-corrected chi connectivity index (χ1v) is 6.51. The van der Waals surface area contributed by atoms with Gasteiger partial charge in [0.25, 0.3) is 5.56 Å². The minimum Gasteiger partial charge on any atom is -0.438 e. The van der Waals surface area contributed by atoms with Crippen LogP contribution in [-0.2, 0) is 11.5 Å². The molecule has 0 radical (unpaired) electrons. The highest BCUT2D eigenvalue weighted by molar-refractivity contribution is 5.89. The van der Waals surface area contributed by atoms with Crippen molar-refractivity contribution < 1.29 is 18.3 Å². The molecule has 23 heavy (non-hydrogen) atoms. The van der Waals surface area contributed by atoms with Crippen LogP contribution >= 0.6 is 0 Å². The topological polar surface area (TPSA) is 74.1 Å². The summed E-state index contributed by atoms with van der Waals surface area (Å²) in [5.74, 6) is -3.33.